The highest BCUT2D eigenvalue weighted by Gasteiger charge is 2.36. The molecule has 1 heterocycles. The van der Waals surface area contributed by atoms with Gasteiger partial charge in [-0.1, -0.05) is 87.3 Å². The Labute approximate surface area is 250 Å². The number of carbonyl (C=O) groups excluding carboxylic acids is 2. The molecule has 1 aliphatic carbocycles. The molecule has 2 aliphatic rings. The first-order valence-corrected chi connectivity index (χ1v) is 14.0. The number of thioether (sulfide) groups is 1. The van der Waals surface area contributed by atoms with Crippen LogP contribution in [0.1, 0.15) is 41.5 Å². The Hall–Kier alpha value is -4.49. The Morgan fingerprint density at radius 3 is 2.12 bits per heavy atom. The first kappa shape index (κ1) is 32.0. The fraction of sp³-hybridized carbons (Fsp3) is 0.143. The van der Waals surface area contributed by atoms with Crippen LogP contribution in [-0.2, 0) is 0 Å². The smallest absolute Gasteiger partial charge is 0.197 e. The van der Waals surface area contributed by atoms with Crippen molar-refractivity contribution in [2.75, 3.05) is 12.4 Å². The van der Waals surface area contributed by atoms with E-state index < -0.39 is 28.6 Å². The van der Waals surface area contributed by atoms with E-state index in [9.17, 15) is 18.4 Å². The lowest BCUT2D eigenvalue weighted by atomic mass is 9.76. The lowest BCUT2D eigenvalue weighted by Crippen LogP contribution is -2.17. The lowest BCUT2D eigenvalue weighted by Gasteiger charge is -2.28. The van der Waals surface area contributed by atoms with Gasteiger partial charge in [-0.25, -0.2) is 8.78 Å². The van der Waals surface area contributed by atoms with Crippen LogP contribution < -0.4 is 11.1 Å². The zero-order chi connectivity index (χ0) is 31.0. The largest absolute Gasteiger partial charge is 0.404 e. The van der Waals surface area contributed by atoms with Gasteiger partial charge in [-0.15, -0.1) is 0 Å². The number of hydrogen-bond acceptors (Lipinski definition) is 5. The predicted molar refractivity (Wildman–Crippen MR) is 171 cm³/mol. The van der Waals surface area contributed by atoms with Crippen LogP contribution in [-0.4, -0.2) is 18.6 Å². The second-order valence-electron chi connectivity index (χ2n) is 9.92. The van der Waals surface area contributed by atoms with E-state index in [1.807, 2.05) is 82.5 Å². The summed E-state index contributed by atoms with van der Waals surface area (Å²) < 4.78 is 27.3. The number of fused-ring (bicyclic) bond motifs is 1. The highest BCUT2D eigenvalue weighted by molar-refractivity contribution is 8.07. The van der Waals surface area contributed by atoms with E-state index in [0.717, 1.165) is 39.4 Å². The average molecular weight is 585 g/mol. The van der Waals surface area contributed by atoms with Crippen molar-refractivity contribution in [2.45, 2.75) is 20.8 Å². The summed E-state index contributed by atoms with van der Waals surface area (Å²) in [6, 6.07) is 11.6. The van der Waals surface area contributed by atoms with Gasteiger partial charge in [0.2, 0.25) is 0 Å². The maximum Gasteiger partial charge on any atom is 0.197 e. The summed E-state index contributed by atoms with van der Waals surface area (Å²) in [5, 5.41) is 3.03. The molecular formula is C35H34F2N2O2S. The van der Waals surface area contributed by atoms with Gasteiger partial charge in [0.1, 0.15) is 0 Å². The molecule has 4 rings (SSSR count). The van der Waals surface area contributed by atoms with E-state index in [1.54, 1.807) is 12.2 Å². The second kappa shape index (κ2) is 13.9. The van der Waals surface area contributed by atoms with Crippen LogP contribution in [0.2, 0.25) is 0 Å². The number of carbonyl (C=O) groups is 2. The third-order valence-corrected chi connectivity index (χ3v) is 7.94. The minimum absolute atomic E-state index is 0.143. The summed E-state index contributed by atoms with van der Waals surface area (Å²) in [5.74, 6) is -3.64. The third kappa shape index (κ3) is 7.04. The van der Waals surface area contributed by atoms with Gasteiger partial charge in [0.25, 0.3) is 0 Å². The third-order valence-electron chi connectivity index (χ3n) is 6.89. The topological polar surface area (TPSA) is 72.2 Å². The van der Waals surface area contributed by atoms with Crippen molar-refractivity contribution in [3.05, 3.63) is 159 Å². The summed E-state index contributed by atoms with van der Waals surface area (Å²) in [6.07, 6.45) is 14.1. The number of nitrogens with one attached hydrogen (secondary N) is 1. The first-order valence-electron chi connectivity index (χ1n) is 13.2. The Kier molecular flexibility index (Phi) is 10.6. The Balaban J connectivity index is 0.000000521. The fourth-order valence-corrected chi connectivity index (χ4v) is 5.38. The molecular weight excluding hydrogens is 550 g/mol. The number of halogens is 2. The van der Waals surface area contributed by atoms with Gasteiger partial charge in [-0.3, -0.25) is 9.59 Å². The number of rotatable bonds is 5. The normalized spacial score (nSPS) is 18.4. The molecule has 0 atom stereocenters. The molecule has 0 saturated heterocycles. The Bertz CT molecular complexity index is 1560. The maximum absolute atomic E-state index is 13.7. The quantitative estimate of drug-likeness (QED) is 0.209. The van der Waals surface area contributed by atoms with Crippen molar-refractivity contribution in [1.82, 2.24) is 0 Å². The molecule has 0 radical (unpaired) electrons. The molecule has 3 N–H and O–H groups in total. The molecule has 7 heteroatoms. The molecule has 0 bridgehead atoms. The molecule has 0 aromatic heterocycles. The summed E-state index contributed by atoms with van der Waals surface area (Å²) in [7, 11) is 1.91. The zero-order valence-electron chi connectivity index (χ0n) is 24.1. The molecule has 4 nitrogen and oxygen atoms in total. The van der Waals surface area contributed by atoms with Gasteiger partial charge >= 0.3 is 0 Å². The number of allylic oxidation sites excluding steroid dienone is 11. The summed E-state index contributed by atoms with van der Waals surface area (Å²) >= 11 is 1.29. The van der Waals surface area contributed by atoms with Gasteiger partial charge < -0.3 is 11.1 Å². The van der Waals surface area contributed by atoms with Gasteiger partial charge in [0, 0.05) is 45.3 Å². The molecule has 42 heavy (non-hydrogen) atoms. The standard InChI is InChI=1S/C28H25F2NO2S.C7H9N/c1-6-8-9-17(7-2)11-22-25(15-31)34-18(10-16(3)28(22,4)5)12-21-26(32)19-13-23(29)24(30)14-20(19)27(21)33;1-8-7-5-3-2-4-6-7/h6-15H,1,3,31H2,2,4-5H3;2-6,8H,1H3/b9-8-,17-7+,22-11+,25-15+;. The van der Waals surface area contributed by atoms with E-state index >= 15 is 0 Å². The van der Waals surface area contributed by atoms with Gasteiger partial charge in [0.05, 0.1) is 5.57 Å². The Morgan fingerprint density at radius 2 is 1.64 bits per heavy atom. The summed E-state index contributed by atoms with van der Waals surface area (Å²) in [6.45, 7) is 13.9. The van der Waals surface area contributed by atoms with Crippen LogP contribution in [0, 0.1) is 17.0 Å². The van der Waals surface area contributed by atoms with Crippen molar-refractivity contribution >= 4 is 29.0 Å². The SMILES string of the molecule is C=C\C=C/C(/C=C1\C(=C/N)SC(C=C2C(=O)c3cc(F)c(F)cc3C2=O)=CC(=C)C1(C)C)=C\C.CNc1ccccc1. The second-order valence-corrected chi connectivity index (χ2v) is 11.0. The number of para-hydroxylation sites is 1. The number of benzene rings is 2. The van der Waals surface area contributed by atoms with E-state index in [4.69, 9.17) is 5.73 Å². The number of hydrogen-bond donors (Lipinski definition) is 2. The Morgan fingerprint density at radius 1 is 1.05 bits per heavy atom. The van der Waals surface area contributed by atoms with E-state index in [2.05, 4.69) is 18.5 Å². The highest BCUT2D eigenvalue weighted by atomic mass is 32.2. The molecule has 0 spiro atoms. The number of nitrogens with two attached hydrogens (primary N) is 1. The van der Waals surface area contributed by atoms with Crippen LogP contribution in [0.25, 0.3) is 0 Å². The van der Waals surface area contributed by atoms with Crippen LogP contribution in [0.4, 0.5) is 14.5 Å². The van der Waals surface area contributed by atoms with Crippen molar-refractivity contribution in [3.8, 4) is 0 Å². The number of ketones is 2. The monoisotopic (exact) mass is 584 g/mol. The number of Topliss-reactive ketones (excluding diaryl/α,β-unsaturated/α-hetero) is 2. The summed E-state index contributed by atoms with van der Waals surface area (Å²) in [4.78, 5) is 26.9. The van der Waals surface area contributed by atoms with Gasteiger partial charge in [-0.2, -0.15) is 0 Å². The van der Waals surface area contributed by atoms with E-state index in [1.165, 1.54) is 24.0 Å². The zero-order valence-corrected chi connectivity index (χ0v) is 24.9. The van der Waals surface area contributed by atoms with Gasteiger partial charge in [-0.05, 0) is 60.1 Å². The fourth-order valence-electron chi connectivity index (χ4n) is 4.26. The molecule has 0 fully saturated rings. The van der Waals surface area contributed by atoms with Crippen LogP contribution >= 0.6 is 11.8 Å². The van der Waals surface area contributed by atoms with E-state index in [0.29, 0.717) is 4.91 Å². The van der Waals surface area contributed by atoms with Crippen molar-refractivity contribution in [1.29, 1.82) is 0 Å². The highest BCUT2D eigenvalue weighted by Crippen LogP contribution is 2.49. The summed E-state index contributed by atoms with van der Waals surface area (Å²) in [5.41, 5.74) is 8.79. The van der Waals surface area contributed by atoms with Crippen LogP contribution in [0.5, 0.6) is 0 Å². The molecule has 0 amide bonds. The van der Waals surface area contributed by atoms with E-state index in [-0.39, 0.29) is 16.7 Å². The predicted octanol–water partition coefficient (Wildman–Crippen LogP) is 8.63. The molecule has 0 saturated carbocycles. The molecule has 2 aromatic carbocycles. The first-order chi connectivity index (χ1) is 20.0. The maximum atomic E-state index is 13.7. The van der Waals surface area contributed by atoms with Crippen molar-refractivity contribution in [3.63, 3.8) is 0 Å². The molecule has 2 aromatic rings. The minimum atomic E-state index is -1.17. The number of anilines is 1. The average Bonchev–Trinajstić information content (AvgIpc) is 3.15. The van der Waals surface area contributed by atoms with Crippen LogP contribution in [0.15, 0.2) is 136 Å². The van der Waals surface area contributed by atoms with Crippen LogP contribution in [0.3, 0.4) is 0 Å². The molecule has 1 aliphatic heterocycles. The lowest BCUT2D eigenvalue weighted by molar-refractivity contribution is 0.0988. The minimum Gasteiger partial charge on any atom is -0.404 e. The molecule has 0 unspecified atom stereocenters. The molecule has 216 valence electrons. The van der Waals surface area contributed by atoms with Crippen molar-refractivity contribution in [2.24, 2.45) is 11.1 Å². The van der Waals surface area contributed by atoms with Gasteiger partial charge in [0.15, 0.2) is 23.2 Å². The van der Waals surface area contributed by atoms with Crippen molar-refractivity contribution < 1.29 is 18.4 Å².